The summed E-state index contributed by atoms with van der Waals surface area (Å²) in [5.41, 5.74) is 5.42. The van der Waals surface area contributed by atoms with Gasteiger partial charge in [0.2, 0.25) is 0 Å². The average Bonchev–Trinajstić information content (AvgIpc) is 3.21. The molecule has 0 bridgehead atoms. The van der Waals surface area contributed by atoms with Gasteiger partial charge in [0.05, 0.1) is 13.2 Å². The van der Waals surface area contributed by atoms with Gasteiger partial charge in [0.25, 0.3) is 0 Å². The highest BCUT2D eigenvalue weighted by Crippen LogP contribution is 2.43. The van der Waals surface area contributed by atoms with Gasteiger partial charge >= 0.3 is 19.8 Å². The second kappa shape index (κ2) is 81.2. The Morgan fingerprint density at radius 1 is 0.323 bits per heavy atom. The van der Waals surface area contributed by atoms with Crippen LogP contribution in [0.15, 0.2) is 85.1 Å². The number of carbonyl (C=O) groups excluding carboxylic acids is 2. The van der Waals surface area contributed by atoms with E-state index in [0.29, 0.717) is 6.42 Å². The second-order valence-electron chi connectivity index (χ2n) is 28.0. The molecule has 0 amide bonds. The average molecular weight is 1370 g/mol. The summed E-state index contributed by atoms with van der Waals surface area (Å²) in [6.07, 6.45) is 110. The van der Waals surface area contributed by atoms with Gasteiger partial charge in [-0.05, 0) is 70.6 Å². The molecule has 0 fully saturated rings. The standard InChI is InChI=1S/C86H158NO8P/c1-3-5-7-9-11-13-15-17-19-21-23-25-27-29-31-33-35-37-39-41-42-43-45-47-49-51-53-55-57-59-61-63-65-67-69-71-73-75-77-79-86(89)95-84(83-94-96(90,91)93-81-80-87)82-92-85(88)78-76-74-72-70-68-66-64-62-60-58-56-54-52-50-48-46-44-40-38-36-34-32-30-28-26-24-22-20-18-16-14-12-10-8-6-4-2/h5,7,11,13,17,19,23,25,29,31,35,37,41-42,84H,3-4,6,8-10,12,14-16,18,20-22,24,26-28,30,32-34,36,38-40,43-83,87H2,1-2H3,(H,90,91)/b7-5-,13-11-,19-17-,25-23-,31-29-,37-35-,42-41-. The molecule has 0 heterocycles. The molecule has 2 atom stereocenters. The van der Waals surface area contributed by atoms with E-state index in [0.717, 1.165) is 83.5 Å². The van der Waals surface area contributed by atoms with Crippen molar-refractivity contribution in [2.75, 3.05) is 26.4 Å². The number of hydrogen-bond acceptors (Lipinski definition) is 8. The first kappa shape index (κ1) is 93.2. The summed E-state index contributed by atoms with van der Waals surface area (Å²) >= 11 is 0. The van der Waals surface area contributed by atoms with E-state index in [1.54, 1.807) is 0 Å². The molecular weight excluding hydrogens is 1210 g/mol. The van der Waals surface area contributed by atoms with Crippen molar-refractivity contribution < 1.29 is 37.6 Å². The number of phosphoric ester groups is 1. The number of esters is 2. The largest absolute Gasteiger partial charge is 0.472 e. The predicted molar refractivity (Wildman–Crippen MR) is 418 cm³/mol. The summed E-state index contributed by atoms with van der Waals surface area (Å²) in [6.45, 7) is 3.70. The Hall–Kier alpha value is -2.81. The smallest absolute Gasteiger partial charge is 0.462 e. The van der Waals surface area contributed by atoms with Crippen LogP contribution in [-0.2, 0) is 32.7 Å². The molecule has 0 aliphatic carbocycles. The third kappa shape index (κ3) is 80.2. The van der Waals surface area contributed by atoms with Crippen molar-refractivity contribution in [3.63, 3.8) is 0 Å². The molecule has 0 aliphatic heterocycles. The highest BCUT2D eigenvalue weighted by molar-refractivity contribution is 7.47. The van der Waals surface area contributed by atoms with Gasteiger partial charge < -0.3 is 20.1 Å². The molecule has 0 saturated heterocycles. The monoisotopic (exact) mass is 1360 g/mol. The maximum Gasteiger partial charge on any atom is 0.472 e. The van der Waals surface area contributed by atoms with Gasteiger partial charge in [-0.15, -0.1) is 0 Å². The van der Waals surface area contributed by atoms with Crippen LogP contribution in [0.5, 0.6) is 0 Å². The van der Waals surface area contributed by atoms with Gasteiger partial charge in [0.1, 0.15) is 6.61 Å². The first-order chi connectivity index (χ1) is 47.3. The van der Waals surface area contributed by atoms with E-state index in [1.807, 2.05) is 0 Å². The van der Waals surface area contributed by atoms with Gasteiger partial charge in [0.15, 0.2) is 6.10 Å². The molecule has 10 heteroatoms. The molecule has 0 aromatic carbocycles. The fourth-order valence-corrected chi connectivity index (χ4v) is 13.2. The first-order valence-electron chi connectivity index (χ1n) is 41.6. The number of nitrogens with two attached hydrogens (primary N) is 1. The molecule has 96 heavy (non-hydrogen) atoms. The molecule has 9 nitrogen and oxygen atoms in total. The van der Waals surface area contributed by atoms with Crippen molar-refractivity contribution in [3.8, 4) is 0 Å². The fourth-order valence-electron chi connectivity index (χ4n) is 12.4. The zero-order valence-corrected chi connectivity index (χ0v) is 64.3. The van der Waals surface area contributed by atoms with Crippen molar-refractivity contribution in [3.05, 3.63) is 85.1 Å². The lowest BCUT2D eigenvalue weighted by molar-refractivity contribution is -0.161. The zero-order chi connectivity index (χ0) is 69.3. The number of unbranched alkanes of at least 4 members (excludes halogenated alkanes) is 52. The third-order valence-electron chi connectivity index (χ3n) is 18.5. The van der Waals surface area contributed by atoms with E-state index in [2.05, 4.69) is 98.9 Å². The normalized spacial score (nSPS) is 13.2. The molecule has 560 valence electrons. The molecule has 0 radical (unpaired) electrons. The van der Waals surface area contributed by atoms with Crippen molar-refractivity contribution in [2.45, 2.75) is 424 Å². The summed E-state index contributed by atoms with van der Waals surface area (Å²) < 4.78 is 33.3. The van der Waals surface area contributed by atoms with Crippen LogP contribution in [-0.4, -0.2) is 49.3 Å². The Bertz CT molecular complexity index is 1860. The second-order valence-corrected chi connectivity index (χ2v) is 29.4. The van der Waals surface area contributed by atoms with Crippen molar-refractivity contribution >= 4 is 19.8 Å². The van der Waals surface area contributed by atoms with Crippen LogP contribution in [0.25, 0.3) is 0 Å². The van der Waals surface area contributed by atoms with Crippen molar-refractivity contribution in [2.24, 2.45) is 5.73 Å². The number of rotatable bonds is 79. The van der Waals surface area contributed by atoms with E-state index >= 15 is 0 Å². The van der Waals surface area contributed by atoms with Crippen LogP contribution in [0.1, 0.15) is 418 Å². The number of ether oxygens (including phenoxy) is 2. The quantitative estimate of drug-likeness (QED) is 0.0264. The third-order valence-corrected chi connectivity index (χ3v) is 19.5. The van der Waals surface area contributed by atoms with Gasteiger partial charge in [0, 0.05) is 19.4 Å². The fraction of sp³-hybridized carbons (Fsp3) is 0.814. The summed E-state index contributed by atoms with van der Waals surface area (Å²) in [5, 5.41) is 0. The first-order valence-corrected chi connectivity index (χ1v) is 43.1. The minimum atomic E-state index is -4.40. The molecule has 0 rings (SSSR count). The zero-order valence-electron chi connectivity index (χ0n) is 63.4. The van der Waals surface area contributed by atoms with E-state index in [9.17, 15) is 19.0 Å². The van der Waals surface area contributed by atoms with Crippen molar-refractivity contribution in [1.29, 1.82) is 0 Å². The van der Waals surface area contributed by atoms with Gasteiger partial charge in [-0.3, -0.25) is 18.6 Å². The van der Waals surface area contributed by atoms with E-state index in [4.69, 9.17) is 24.3 Å². The maximum atomic E-state index is 12.8. The Labute approximate surface area is 595 Å². The topological polar surface area (TPSA) is 134 Å². The van der Waals surface area contributed by atoms with Crippen molar-refractivity contribution in [1.82, 2.24) is 0 Å². The van der Waals surface area contributed by atoms with E-state index in [1.165, 1.54) is 302 Å². The van der Waals surface area contributed by atoms with Crippen LogP contribution >= 0.6 is 7.82 Å². The van der Waals surface area contributed by atoms with Crippen LogP contribution in [0.2, 0.25) is 0 Å². The SMILES string of the molecule is CC/C=C\C/C=C\C/C=C\C/C=C\C/C=C\C/C=C\C/C=C\CCCCCCCCCCCCCCCCCCCC(=O)OC(COC(=O)CCCCCCCCCCCCCCCCCCCCCCCCCCCCCCCCCCCCCC)COP(=O)(O)OCCN. The minimum absolute atomic E-state index is 0.0539. The molecule has 0 aliphatic rings. The van der Waals surface area contributed by atoms with E-state index in [-0.39, 0.29) is 38.6 Å². The minimum Gasteiger partial charge on any atom is -0.462 e. The van der Waals surface area contributed by atoms with Gasteiger partial charge in [-0.1, -0.05) is 420 Å². The molecule has 0 spiro atoms. The Morgan fingerprint density at radius 3 is 0.854 bits per heavy atom. The summed E-state index contributed by atoms with van der Waals surface area (Å²) in [7, 11) is -4.40. The van der Waals surface area contributed by atoms with E-state index < -0.39 is 26.5 Å². The Kier molecular flexibility index (Phi) is 78.8. The summed E-state index contributed by atoms with van der Waals surface area (Å²) in [4.78, 5) is 35.5. The van der Waals surface area contributed by atoms with Crippen LogP contribution in [0.4, 0.5) is 0 Å². The highest BCUT2D eigenvalue weighted by Gasteiger charge is 2.26. The van der Waals surface area contributed by atoms with Gasteiger partial charge in [-0.25, -0.2) is 4.57 Å². The molecular formula is C86H158NO8P. The number of hydrogen-bond donors (Lipinski definition) is 2. The molecule has 3 N–H and O–H groups in total. The summed E-state index contributed by atoms with van der Waals surface area (Å²) in [6, 6.07) is 0. The van der Waals surface area contributed by atoms with Gasteiger partial charge in [-0.2, -0.15) is 0 Å². The summed E-state index contributed by atoms with van der Waals surface area (Å²) in [5.74, 6) is -0.807. The van der Waals surface area contributed by atoms with Crippen LogP contribution in [0.3, 0.4) is 0 Å². The number of allylic oxidation sites excluding steroid dienone is 14. The van der Waals surface area contributed by atoms with Crippen LogP contribution in [0, 0.1) is 0 Å². The lowest BCUT2D eigenvalue weighted by atomic mass is 10.0. The number of carbonyl (C=O) groups is 2. The Balaban J connectivity index is 3.77. The molecule has 0 aromatic heterocycles. The predicted octanol–water partition coefficient (Wildman–Crippen LogP) is 28.0. The molecule has 0 aromatic rings. The number of phosphoric acid groups is 1. The lowest BCUT2D eigenvalue weighted by Crippen LogP contribution is -2.29. The molecule has 0 saturated carbocycles. The molecule has 2 unspecified atom stereocenters. The Morgan fingerprint density at radius 2 is 0.573 bits per heavy atom. The lowest BCUT2D eigenvalue weighted by Gasteiger charge is -2.19. The maximum absolute atomic E-state index is 12.8. The van der Waals surface area contributed by atoms with Crippen LogP contribution < -0.4 is 5.73 Å². The highest BCUT2D eigenvalue weighted by atomic mass is 31.2.